The summed E-state index contributed by atoms with van der Waals surface area (Å²) in [5.74, 6) is 3.06. The monoisotopic (exact) mass is 256 g/mol. The molecule has 0 spiro atoms. The van der Waals surface area contributed by atoms with Gasteiger partial charge in [0.15, 0.2) is 5.82 Å². The van der Waals surface area contributed by atoms with E-state index in [2.05, 4.69) is 34.3 Å². The normalized spacial score (nSPS) is 27.4. The quantitative estimate of drug-likeness (QED) is 0.868. The third-order valence-corrected chi connectivity index (χ3v) is 3.86. The van der Waals surface area contributed by atoms with E-state index in [1.807, 2.05) is 30.3 Å². The first-order valence-corrected chi connectivity index (χ1v) is 6.95. The third-order valence-electron chi connectivity index (χ3n) is 3.86. The lowest BCUT2D eigenvalue weighted by atomic mass is 9.86. The fourth-order valence-corrected chi connectivity index (χ4v) is 2.88. The number of piperidine rings is 1. The van der Waals surface area contributed by atoms with E-state index in [0.717, 1.165) is 29.7 Å². The molecule has 1 aromatic carbocycles. The summed E-state index contributed by atoms with van der Waals surface area (Å²) in [6, 6.07) is 10.4. The van der Waals surface area contributed by atoms with Gasteiger partial charge in [-0.3, -0.25) is 5.10 Å². The number of nitrogens with one attached hydrogen (secondary N) is 2. The van der Waals surface area contributed by atoms with Crippen LogP contribution in [0.2, 0.25) is 0 Å². The maximum atomic E-state index is 4.65. The molecule has 0 radical (unpaired) electrons. The zero-order chi connectivity index (χ0) is 13.2. The summed E-state index contributed by atoms with van der Waals surface area (Å²) in [5.41, 5.74) is 1.06. The molecule has 2 heterocycles. The van der Waals surface area contributed by atoms with Crippen LogP contribution in [0.25, 0.3) is 11.4 Å². The van der Waals surface area contributed by atoms with Crippen LogP contribution in [0, 0.1) is 11.8 Å². The van der Waals surface area contributed by atoms with Crippen molar-refractivity contribution >= 4 is 0 Å². The molecule has 3 unspecified atom stereocenters. The van der Waals surface area contributed by atoms with Crippen molar-refractivity contribution in [2.75, 3.05) is 6.54 Å². The smallest absolute Gasteiger partial charge is 0.181 e. The van der Waals surface area contributed by atoms with Crippen LogP contribution in [0.1, 0.15) is 32.1 Å². The summed E-state index contributed by atoms with van der Waals surface area (Å²) in [4.78, 5) is 4.65. The zero-order valence-electron chi connectivity index (χ0n) is 11.4. The molecule has 0 aliphatic carbocycles. The Morgan fingerprint density at radius 1 is 1.16 bits per heavy atom. The van der Waals surface area contributed by atoms with Crippen LogP contribution >= 0.6 is 0 Å². The average Bonchev–Trinajstić information content (AvgIpc) is 2.89. The molecule has 2 aromatic rings. The van der Waals surface area contributed by atoms with Crippen molar-refractivity contribution in [2.45, 2.75) is 26.3 Å². The highest BCUT2D eigenvalue weighted by Gasteiger charge is 2.28. The van der Waals surface area contributed by atoms with E-state index in [0.29, 0.717) is 12.0 Å². The molecular weight excluding hydrogens is 236 g/mol. The SMILES string of the molecule is CC1CNC(c2nc(-c3ccccc3)n[nH]2)C(C)C1. The predicted octanol–water partition coefficient (Wildman–Crippen LogP) is 2.78. The van der Waals surface area contributed by atoms with Gasteiger partial charge in [-0.2, -0.15) is 5.10 Å². The van der Waals surface area contributed by atoms with Crippen molar-refractivity contribution < 1.29 is 0 Å². The van der Waals surface area contributed by atoms with Crippen molar-refractivity contribution in [1.29, 1.82) is 0 Å². The molecule has 1 aliphatic rings. The fraction of sp³-hybridized carbons (Fsp3) is 0.467. The molecule has 2 N–H and O–H groups in total. The molecular formula is C15H20N4. The lowest BCUT2D eigenvalue weighted by Crippen LogP contribution is -2.37. The highest BCUT2D eigenvalue weighted by Crippen LogP contribution is 2.30. The van der Waals surface area contributed by atoms with Gasteiger partial charge in [-0.1, -0.05) is 44.2 Å². The van der Waals surface area contributed by atoms with E-state index in [-0.39, 0.29) is 0 Å². The second-order valence-electron chi connectivity index (χ2n) is 5.61. The molecule has 3 rings (SSSR count). The van der Waals surface area contributed by atoms with E-state index < -0.39 is 0 Å². The maximum Gasteiger partial charge on any atom is 0.181 e. The van der Waals surface area contributed by atoms with E-state index in [1.165, 1.54) is 6.42 Å². The fourth-order valence-electron chi connectivity index (χ4n) is 2.88. The lowest BCUT2D eigenvalue weighted by Gasteiger charge is -2.32. The number of hydrogen-bond donors (Lipinski definition) is 2. The first-order valence-electron chi connectivity index (χ1n) is 6.95. The van der Waals surface area contributed by atoms with Crippen molar-refractivity contribution in [3.8, 4) is 11.4 Å². The molecule has 0 saturated carbocycles. The summed E-state index contributed by atoms with van der Waals surface area (Å²) in [7, 11) is 0. The Labute approximate surface area is 113 Å². The number of H-pyrrole nitrogens is 1. The Bertz CT molecular complexity index is 534. The highest BCUT2D eigenvalue weighted by molar-refractivity contribution is 5.53. The van der Waals surface area contributed by atoms with Crippen LogP contribution in [-0.2, 0) is 0 Å². The number of aromatic amines is 1. The van der Waals surface area contributed by atoms with Gasteiger partial charge in [0.25, 0.3) is 0 Å². The Balaban J connectivity index is 1.82. The molecule has 100 valence electrons. The molecule has 1 aromatic heterocycles. The van der Waals surface area contributed by atoms with Crippen LogP contribution in [0.15, 0.2) is 30.3 Å². The van der Waals surface area contributed by atoms with Crippen molar-refractivity contribution in [3.05, 3.63) is 36.2 Å². The lowest BCUT2D eigenvalue weighted by molar-refractivity contribution is 0.239. The van der Waals surface area contributed by atoms with E-state index in [9.17, 15) is 0 Å². The number of benzene rings is 1. The van der Waals surface area contributed by atoms with Gasteiger partial charge in [0, 0.05) is 5.56 Å². The third kappa shape index (κ3) is 2.54. The van der Waals surface area contributed by atoms with Crippen molar-refractivity contribution in [1.82, 2.24) is 20.5 Å². The Hall–Kier alpha value is -1.68. The minimum Gasteiger partial charge on any atom is -0.307 e. The number of rotatable bonds is 2. The van der Waals surface area contributed by atoms with Gasteiger partial charge in [0.1, 0.15) is 5.82 Å². The first kappa shape index (κ1) is 12.4. The Kier molecular flexibility index (Phi) is 3.34. The van der Waals surface area contributed by atoms with Crippen LogP contribution in [0.4, 0.5) is 0 Å². The van der Waals surface area contributed by atoms with Crippen LogP contribution < -0.4 is 5.32 Å². The van der Waals surface area contributed by atoms with Crippen LogP contribution in [0.3, 0.4) is 0 Å². The predicted molar refractivity (Wildman–Crippen MR) is 75.5 cm³/mol. The number of aromatic nitrogens is 3. The topological polar surface area (TPSA) is 53.6 Å². The second kappa shape index (κ2) is 5.13. The molecule has 1 aliphatic heterocycles. The van der Waals surface area contributed by atoms with Crippen LogP contribution in [-0.4, -0.2) is 21.7 Å². The number of hydrogen-bond acceptors (Lipinski definition) is 3. The Morgan fingerprint density at radius 2 is 1.95 bits per heavy atom. The van der Waals surface area contributed by atoms with Crippen molar-refractivity contribution in [3.63, 3.8) is 0 Å². The molecule has 3 atom stereocenters. The summed E-state index contributed by atoms with van der Waals surface area (Å²) < 4.78 is 0. The largest absolute Gasteiger partial charge is 0.307 e. The minimum absolute atomic E-state index is 0.293. The van der Waals surface area contributed by atoms with Gasteiger partial charge in [-0.25, -0.2) is 4.98 Å². The van der Waals surface area contributed by atoms with Gasteiger partial charge in [0.05, 0.1) is 6.04 Å². The molecule has 19 heavy (non-hydrogen) atoms. The maximum absolute atomic E-state index is 4.65. The molecule has 1 fully saturated rings. The average molecular weight is 256 g/mol. The van der Waals surface area contributed by atoms with Crippen molar-refractivity contribution in [2.24, 2.45) is 11.8 Å². The molecule has 0 bridgehead atoms. The first-order chi connectivity index (χ1) is 9.24. The van der Waals surface area contributed by atoms with Gasteiger partial charge < -0.3 is 5.32 Å². The van der Waals surface area contributed by atoms with Gasteiger partial charge in [0.2, 0.25) is 0 Å². The molecule has 1 saturated heterocycles. The molecule has 0 amide bonds. The summed E-state index contributed by atoms with van der Waals surface area (Å²) >= 11 is 0. The van der Waals surface area contributed by atoms with E-state index in [4.69, 9.17) is 0 Å². The zero-order valence-corrected chi connectivity index (χ0v) is 11.4. The summed E-state index contributed by atoms with van der Waals surface area (Å²) in [5, 5.41) is 11.0. The van der Waals surface area contributed by atoms with Gasteiger partial charge >= 0.3 is 0 Å². The highest BCUT2D eigenvalue weighted by atomic mass is 15.2. The van der Waals surface area contributed by atoms with Gasteiger partial charge in [-0.15, -0.1) is 0 Å². The molecule has 4 nitrogen and oxygen atoms in total. The Morgan fingerprint density at radius 3 is 2.68 bits per heavy atom. The summed E-state index contributed by atoms with van der Waals surface area (Å²) in [6.07, 6.45) is 1.24. The van der Waals surface area contributed by atoms with Crippen LogP contribution in [0.5, 0.6) is 0 Å². The second-order valence-corrected chi connectivity index (χ2v) is 5.61. The summed E-state index contributed by atoms with van der Waals surface area (Å²) in [6.45, 7) is 5.61. The number of nitrogens with zero attached hydrogens (tertiary/aromatic N) is 2. The van der Waals surface area contributed by atoms with Gasteiger partial charge in [-0.05, 0) is 24.8 Å². The molecule has 4 heteroatoms. The minimum atomic E-state index is 0.293. The van der Waals surface area contributed by atoms with E-state index >= 15 is 0 Å². The standard InChI is InChI=1S/C15H20N4/c1-10-8-11(2)13(16-9-10)15-17-14(18-19-15)12-6-4-3-5-7-12/h3-7,10-11,13,16H,8-9H2,1-2H3,(H,17,18,19). The van der Waals surface area contributed by atoms with E-state index in [1.54, 1.807) is 0 Å².